The molecule has 0 aliphatic rings. The number of aliphatic hydroxyl groups is 1. The van der Waals surface area contributed by atoms with Crippen LogP contribution in [0.1, 0.15) is 33.3 Å². The molecule has 2 N–H and O–H groups in total. The number of hydrogen-bond donors (Lipinski definition) is 2. The Labute approximate surface area is 107 Å². The van der Waals surface area contributed by atoms with E-state index >= 15 is 0 Å². The lowest BCUT2D eigenvalue weighted by molar-refractivity contribution is -0.0984. The number of rotatable bonds is 4. The third-order valence-electron chi connectivity index (χ3n) is 3.22. The molecule has 0 unspecified atom stereocenters. The molecule has 0 radical (unpaired) electrons. The van der Waals surface area contributed by atoms with E-state index in [1.807, 2.05) is 6.07 Å². The molecule has 98 valence electrons. The van der Waals surface area contributed by atoms with Gasteiger partial charge in [-0.3, -0.25) is 4.68 Å². The van der Waals surface area contributed by atoms with Crippen LogP contribution in [0.2, 0.25) is 0 Å². The molecule has 0 amide bonds. The van der Waals surface area contributed by atoms with Gasteiger partial charge in [-0.2, -0.15) is 10.4 Å². The second-order valence-electron chi connectivity index (χ2n) is 5.22. The lowest BCUT2D eigenvalue weighted by Crippen LogP contribution is -2.54. The minimum absolute atomic E-state index is 0.247. The maximum Gasteiger partial charge on any atom is 0.512 e. The van der Waals surface area contributed by atoms with Crippen LogP contribution in [-0.4, -0.2) is 38.2 Å². The molecule has 0 atom stereocenters. The van der Waals surface area contributed by atoms with Gasteiger partial charge >= 0.3 is 7.12 Å². The standard InChI is InChI=1S/C11H18BN3O3/c1-10(2,16)11(3,4)18-12(17)9-8(6-13)7-14-15(9)5/h7,16-17H,1-5H3. The molecule has 0 spiro atoms. The third kappa shape index (κ3) is 2.72. The molecule has 1 heterocycles. The second kappa shape index (κ2) is 4.73. The Kier molecular flexibility index (Phi) is 3.86. The first-order chi connectivity index (χ1) is 8.10. The van der Waals surface area contributed by atoms with E-state index in [2.05, 4.69) is 5.10 Å². The van der Waals surface area contributed by atoms with Gasteiger partial charge in [-0.15, -0.1) is 0 Å². The van der Waals surface area contributed by atoms with Crippen molar-refractivity contribution < 1.29 is 14.8 Å². The summed E-state index contributed by atoms with van der Waals surface area (Å²) in [5.41, 5.74) is -1.60. The minimum atomic E-state index is -1.33. The molecular formula is C11H18BN3O3. The molecule has 1 rings (SSSR count). The maximum atomic E-state index is 10.1. The minimum Gasteiger partial charge on any atom is -0.422 e. The summed E-state index contributed by atoms with van der Waals surface area (Å²) in [7, 11) is 0.286. The van der Waals surface area contributed by atoms with Gasteiger partial charge in [0.1, 0.15) is 6.07 Å². The molecule has 0 saturated carbocycles. The van der Waals surface area contributed by atoms with Crippen LogP contribution in [0.15, 0.2) is 6.20 Å². The van der Waals surface area contributed by atoms with Gasteiger partial charge in [0, 0.05) is 7.05 Å². The van der Waals surface area contributed by atoms with Gasteiger partial charge in [-0.05, 0) is 27.7 Å². The van der Waals surface area contributed by atoms with Crippen molar-refractivity contribution in [3.63, 3.8) is 0 Å². The third-order valence-corrected chi connectivity index (χ3v) is 3.22. The van der Waals surface area contributed by atoms with Crippen LogP contribution in [0.3, 0.4) is 0 Å². The van der Waals surface area contributed by atoms with Gasteiger partial charge in [0.2, 0.25) is 0 Å². The first-order valence-electron chi connectivity index (χ1n) is 5.60. The van der Waals surface area contributed by atoms with E-state index in [4.69, 9.17) is 9.92 Å². The summed E-state index contributed by atoms with van der Waals surface area (Å²) < 4.78 is 6.84. The van der Waals surface area contributed by atoms with Crippen LogP contribution in [0, 0.1) is 11.3 Å². The zero-order valence-electron chi connectivity index (χ0n) is 11.3. The number of nitriles is 1. The Morgan fingerprint density at radius 3 is 2.44 bits per heavy atom. The van der Waals surface area contributed by atoms with Crippen LogP contribution in [0.25, 0.3) is 0 Å². The average molecular weight is 251 g/mol. The van der Waals surface area contributed by atoms with Crippen molar-refractivity contribution >= 4 is 12.7 Å². The number of nitrogens with zero attached hydrogens (tertiary/aromatic N) is 3. The molecule has 1 aromatic rings. The monoisotopic (exact) mass is 251 g/mol. The normalized spacial score (nSPS) is 12.3. The van der Waals surface area contributed by atoms with Crippen LogP contribution >= 0.6 is 0 Å². The smallest absolute Gasteiger partial charge is 0.422 e. The SMILES string of the molecule is Cn1ncc(C#N)c1B(O)OC(C)(C)C(C)(C)O. The van der Waals surface area contributed by atoms with Crippen LogP contribution in [0.5, 0.6) is 0 Å². The predicted octanol–water partition coefficient (Wildman–Crippen LogP) is -0.455. The number of aryl methyl sites for hydroxylation is 1. The maximum absolute atomic E-state index is 10.1. The average Bonchev–Trinajstić information content (AvgIpc) is 2.56. The molecule has 0 saturated heterocycles. The molecule has 0 fully saturated rings. The lowest BCUT2D eigenvalue weighted by atomic mass is 9.78. The van der Waals surface area contributed by atoms with Crippen molar-refractivity contribution in [1.29, 1.82) is 5.26 Å². The highest BCUT2D eigenvalue weighted by Crippen LogP contribution is 2.25. The van der Waals surface area contributed by atoms with E-state index in [-0.39, 0.29) is 11.2 Å². The van der Waals surface area contributed by atoms with Crippen LogP contribution in [-0.2, 0) is 11.7 Å². The molecule has 0 aliphatic heterocycles. The molecule has 6 nitrogen and oxygen atoms in total. The van der Waals surface area contributed by atoms with Crippen LogP contribution < -0.4 is 5.59 Å². The summed E-state index contributed by atoms with van der Waals surface area (Å²) in [5.74, 6) is 0. The fraction of sp³-hybridized carbons (Fsp3) is 0.636. The fourth-order valence-electron chi connectivity index (χ4n) is 1.31. The Morgan fingerprint density at radius 2 is 2.00 bits per heavy atom. The van der Waals surface area contributed by atoms with Gasteiger partial charge in [-0.25, -0.2) is 0 Å². The van der Waals surface area contributed by atoms with E-state index in [1.165, 1.54) is 10.9 Å². The Hall–Kier alpha value is -1.36. The highest BCUT2D eigenvalue weighted by Gasteiger charge is 2.41. The summed E-state index contributed by atoms with van der Waals surface area (Å²) in [4.78, 5) is 0. The van der Waals surface area contributed by atoms with Gasteiger partial charge < -0.3 is 14.8 Å². The van der Waals surface area contributed by atoms with Gasteiger partial charge in [0.15, 0.2) is 0 Å². The van der Waals surface area contributed by atoms with E-state index in [9.17, 15) is 10.1 Å². The number of aromatic nitrogens is 2. The summed E-state index contributed by atoms with van der Waals surface area (Å²) in [5, 5.41) is 32.8. The lowest BCUT2D eigenvalue weighted by Gasteiger charge is -2.38. The van der Waals surface area contributed by atoms with E-state index < -0.39 is 18.3 Å². The van der Waals surface area contributed by atoms with Crippen molar-refractivity contribution in [2.75, 3.05) is 0 Å². The zero-order valence-corrected chi connectivity index (χ0v) is 11.3. The molecule has 1 aromatic heterocycles. The van der Waals surface area contributed by atoms with E-state index in [0.717, 1.165) is 0 Å². The van der Waals surface area contributed by atoms with Crippen LogP contribution in [0.4, 0.5) is 0 Å². The highest BCUT2D eigenvalue weighted by molar-refractivity contribution is 6.60. The van der Waals surface area contributed by atoms with E-state index in [0.29, 0.717) is 0 Å². The van der Waals surface area contributed by atoms with Crippen molar-refractivity contribution in [3.8, 4) is 6.07 Å². The second-order valence-corrected chi connectivity index (χ2v) is 5.22. The summed E-state index contributed by atoms with van der Waals surface area (Å²) >= 11 is 0. The predicted molar refractivity (Wildman–Crippen MR) is 67.0 cm³/mol. The molecule has 7 heteroatoms. The zero-order chi connectivity index (χ0) is 14.1. The van der Waals surface area contributed by atoms with Gasteiger partial charge in [0.05, 0.1) is 28.6 Å². The molecule has 0 aromatic carbocycles. The quantitative estimate of drug-likeness (QED) is 0.707. The number of hydrogen-bond acceptors (Lipinski definition) is 5. The van der Waals surface area contributed by atoms with Gasteiger partial charge in [-0.1, -0.05) is 0 Å². The van der Waals surface area contributed by atoms with Gasteiger partial charge in [0.25, 0.3) is 0 Å². The Balaban J connectivity index is 3.00. The largest absolute Gasteiger partial charge is 0.512 e. The first-order valence-corrected chi connectivity index (χ1v) is 5.60. The topological polar surface area (TPSA) is 91.3 Å². The molecular weight excluding hydrogens is 233 g/mol. The molecule has 0 bridgehead atoms. The summed E-state index contributed by atoms with van der Waals surface area (Å²) in [6, 6.07) is 1.94. The molecule has 18 heavy (non-hydrogen) atoms. The molecule has 0 aliphatic carbocycles. The Morgan fingerprint density at radius 1 is 1.44 bits per heavy atom. The Bertz CT molecular complexity index is 471. The fourth-order valence-corrected chi connectivity index (χ4v) is 1.31. The van der Waals surface area contributed by atoms with Crippen molar-refractivity contribution in [2.24, 2.45) is 7.05 Å². The van der Waals surface area contributed by atoms with Crippen molar-refractivity contribution in [2.45, 2.75) is 38.9 Å². The van der Waals surface area contributed by atoms with Crippen molar-refractivity contribution in [3.05, 3.63) is 11.8 Å². The van der Waals surface area contributed by atoms with E-state index in [1.54, 1.807) is 34.7 Å². The summed E-state index contributed by atoms with van der Waals surface area (Å²) in [6.07, 6.45) is 1.36. The van der Waals surface area contributed by atoms with Crippen molar-refractivity contribution in [1.82, 2.24) is 9.78 Å². The summed E-state index contributed by atoms with van der Waals surface area (Å²) in [6.45, 7) is 6.51. The first kappa shape index (κ1) is 14.7. The highest BCUT2D eigenvalue weighted by atomic mass is 16.5.